The van der Waals surface area contributed by atoms with E-state index in [4.69, 9.17) is 0 Å². The lowest BCUT2D eigenvalue weighted by atomic mass is 9.87. The molecule has 1 unspecified atom stereocenters. The smallest absolute Gasteiger partial charge is 0.225 e. The van der Waals surface area contributed by atoms with Crippen LogP contribution in [0.1, 0.15) is 56.6 Å². The van der Waals surface area contributed by atoms with E-state index in [0.717, 1.165) is 39.0 Å². The number of amides is 1. The molecule has 2 aromatic rings. The zero-order chi connectivity index (χ0) is 20.4. The first-order valence-corrected chi connectivity index (χ1v) is 11.1. The quantitative estimate of drug-likeness (QED) is 0.742. The predicted molar refractivity (Wildman–Crippen MR) is 118 cm³/mol. The van der Waals surface area contributed by atoms with E-state index < -0.39 is 0 Å². The molecule has 1 aromatic heterocycles. The Morgan fingerprint density at radius 2 is 1.66 bits per heavy atom. The highest BCUT2D eigenvalue weighted by atomic mass is 16.2. The van der Waals surface area contributed by atoms with Gasteiger partial charge in [0, 0.05) is 56.1 Å². The van der Waals surface area contributed by atoms with Gasteiger partial charge in [-0.05, 0) is 54.0 Å². The monoisotopic (exact) mass is 391 g/mol. The first-order valence-electron chi connectivity index (χ1n) is 11.1. The number of hydrogen-bond donors (Lipinski definition) is 0. The molecule has 1 aromatic carbocycles. The van der Waals surface area contributed by atoms with Gasteiger partial charge < -0.3 is 9.80 Å². The number of benzene rings is 1. The van der Waals surface area contributed by atoms with E-state index in [1.807, 2.05) is 18.5 Å². The molecule has 1 amide bonds. The lowest BCUT2D eigenvalue weighted by molar-refractivity contribution is -0.137. The topological polar surface area (TPSA) is 36.4 Å². The average molecular weight is 392 g/mol. The summed E-state index contributed by atoms with van der Waals surface area (Å²) in [6.07, 6.45) is 5.97. The van der Waals surface area contributed by atoms with E-state index in [1.165, 1.54) is 16.8 Å². The van der Waals surface area contributed by atoms with Crippen molar-refractivity contribution in [1.82, 2.24) is 9.88 Å². The highest BCUT2D eigenvalue weighted by Gasteiger charge is 2.30. The third-order valence-corrected chi connectivity index (χ3v) is 6.96. The summed E-state index contributed by atoms with van der Waals surface area (Å²) >= 11 is 0. The Hall–Kier alpha value is -2.36. The molecule has 29 heavy (non-hydrogen) atoms. The molecule has 4 rings (SSSR count). The average Bonchev–Trinajstić information content (AvgIpc) is 2.73. The molecule has 0 N–H and O–H groups in total. The van der Waals surface area contributed by atoms with Crippen LogP contribution in [0.4, 0.5) is 5.69 Å². The Morgan fingerprint density at radius 1 is 0.966 bits per heavy atom. The van der Waals surface area contributed by atoms with Crippen LogP contribution < -0.4 is 4.90 Å². The molecule has 4 nitrogen and oxygen atoms in total. The summed E-state index contributed by atoms with van der Waals surface area (Å²) < 4.78 is 0. The van der Waals surface area contributed by atoms with Crippen LogP contribution in [0.5, 0.6) is 0 Å². The van der Waals surface area contributed by atoms with Gasteiger partial charge in [-0.3, -0.25) is 9.78 Å². The number of aromatic nitrogens is 1. The van der Waals surface area contributed by atoms with E-state index in [9.17, 15) is 4.79 Å². The highest BCUT2D eigenvalue weighted by Crippen LogP contribution is 2.34. The summed E-state index contributed by atoms with van der Waals surface area (Å²) in [5.74, 6) is 2.03. The second-order valence-corrected chi connectivity index (χ2v) is 9.11. The number of piperidine rings is 1. The number of rotatable bonds is 5. The van der Waals surface area contributed by atoms with Crippen LogP contribution in [0.2, 0.25) is 0 Å². The lowest BCUT2D eigenvalue weighted by Crippen LogP contribution is -2.45. The van der Waals surface area contributed by atoms with Gasteiger partial charge >= 0.3 is 0 Å². The standard InChI is InChI=1S/C25H33N3O/c1-18(2)19(3)25(29)27-13-10-21(11-14-27)20-6-8-24(9-7-20)28-16-23(17-28)22-5-4-12-26-15-22/h4-9,12,15,18-19,21,23H,10-11,13-14,16-17H2,1-3H3. The van der Waals surface area contributed by atoms with Gasteiger partial charge in [0.05, 0.1) is 0 Å². The lowest BCUT2D eigenvalue weighted by Gasteiger charge is -2.41. The van der Waals surface area contributed by atoms with Crippen molar-refractivity contribution >= 4 is 11.6 Å². The van der Waals surface area contributed by atoms with E-state index in [0.29, 0.717) is 23.7 Å². The number of carbonyl (C=O) groups is 1. The number of likely N-dealkylation sites (tertiary alicyclic amines) is 1. The molecule has 2 aliphatic rings. The summed E-state index contributed by atoms with van der Waals surface area (Å²) in [5, 5.41) is 0. The molecule has 154 valence electrons. The Kier molecular flexibility index (Phi) is 5.89. The van der Waals surface area contributed by atoms with Crippen LogP contribution in [0, 0.1) is 11.8 Å². The second-order valence-electron chi connectivity index (χ2n) is 9.11. The summed E-state index contributed by atoms with van der Waals surface area (Å²) in [4.78, 5) is 21.3. The Bertz CT molecular complexity index is 804. The normalized spacial score (nSPS) is 19.3. The van der Waals surface area contributed by atoms with Crippen molar-refractivity contribution in [1.29, 1.82) is 0 Å². The van der Waals surface area contributed by atoms with Gasteiger partial charge in [-0.2, -0.15) is 0 Å². The van der Waals surface area contributed by atoms with Crippen molar-refractivity contribution in [2.45, 2.75) is 45.4 Å². The summed E-state index contributed by atoms with van der Waals surface area (Å²) in [6, 6.07) is 13.3. The summed E-state index contributed by atoms with van der Waals surface area (Å²) in [6.45, 7) is 10.2. The molecular formula is C25H33N3O. The zero-order valence-electron chi connectivity index (χ0n) is 17.9. The molecule has 2 fully saturated rings. The van der Waals surface area contributed by atoms with Crippen LogP contribution >= 0.6 is 0 Å². The van der Waals surface area contributed by atoms with Crippen LogP contribution in [-0.4, -0.2) is 42.0 Å². The van der Waals surface area contributed by atoms with Gasteiger partial charge in [-0.15, -0.1) is 0 Å². The Labute approximate surface area is 174 Å². The first kappa shape index (κ1) is 19.9. The van der Waals surface area contributed by atoms with E-state index in [1.54, 1.807) is 0 Å². The zero-order valence-corrected chi connectivity index (χ0v) is 17.9. The van der Waals surface area contributed by atoms with Crippen LogP contribution in [-0.2, 0) is 4.79 Å². The number of pyridine rings is 1. The predicted octanol–water partition coefficient (Wildman–Crippen LogP) is 4.68. The minimum absolute atomic E-state index is 0.123. The number of anilines is 1. The summed E-state index contributed by atoms with van der Waals surface area (Å²) in [7, 11) is 0. The van der Waals surface area contributed by atoms with Crippen LogP contribution in [0.15, 0.2) is 48.8 Å². The molecular weight excluding hydrogens is 358 g/mol. The van der Waals surface area contributed by atoms with E-state index in [-0.39, 0.29) is 5.92 Å². The van der Waals surface area contributed by atoms with Crippen molar-refractivity contribution < 1.29 is 4.79 Å². The number of nitrogens with zero attached hydrogens (tertiary/aromatic N) is 3. The fraction of sp³-hybridized carbons (Fsp3) is 0.520. The third kappa shape index (κ3) is 4.31. The Morgan fingerprint density at radius 3 is 2.24 bits per heavy atom. The van der Waals surface area contributed by atoms with Gasteiger partial charge in [0.15, 0.2) is 0 Å². The molecule has 0 saturated carbocycles. The number of carbonyl (C=O) groups excluding carboxylic acids is 1. The first-order chi connectivity index (χ1) is 14.0. The maximum Gasteiger partial charge on any atom is 0.225 e. The minimum atomic E-state index is 0.123. The van der Waals surface area contributed by atoms with Gasteiger partial charge in [0.25, 0.3) is 0 Å². The maximum absolute atomic E-state index is 12.6. The summed E-state index contributed by atoms with van der Waals surface area (Å²) in [5.41, 5.74) is 4.07. The molecule has 0 spiro atoms. The second kappa shape index (κ2) is 8.56. The fourth-order valence-electron chi connectivity index (χ4n) is 4.48. The molecule has 3 heterocycles. The van der Waals surface area contributed by atoms with E-state index >= 15 is 0 Å². The van der Waals surface area contributed by atoms with Crippen LogP contribution in [0.25, 0.3) is 0 Å². The third-order valence-electron chi connectivity index (χ3n) is 6.96. The Balaban J connectivity index is 1.29. The van der Waals surface area contributed by atoms with Gasteiger partial charge in [0.1, 0.15) is 0 Å². The van der Waals surface area contributed by atoms with Crippen molar-refractivity contribution in [3.05, 3.63) is 59.9 Å². The van der Waals surface area contributed by atoms with Crippen molar-refractivity contribution in [3.63, 3.8) is 0 Å². The molecule has 4 heteroatoms. The number of hydrogen-bond acceptors (Lipinski definition) is 3. The molecule has 2 saturated heterocycles. The van der Waals surface area contributed by atoms with Crippen molar-refractivity contribution in [2.24, 2.45) is 11.8 Å². The fourth-order valence-corrected chi connectivity index (χ4v) is 4.48. The molecule has 0 radical (unpaired) electrons. The van der Waals surface area contributed by atoms with Gasteiger partial charge in [-0.1, -0.05) is 39.0 Å². The van der Waals surface area contributed by atoms with Gasteiger partial charge in [0.2, 0.25) is 5.91 Å². The molecule has 2 aliphatic heterocycles. The highest BCUT2D eigenvalue weighted by molar-refractivity contribution is 5.78. The van der Waals surface area contributed by atoms with Crippen molar-refractivity contribution in [3.8, 4) is 0 Å². The maximum atomic E-state index is 12.6. The van der Waals surface area contributed by atoms with E-state index in [2.05, 4.69) is 65.9 Å². The minimum Gasteiger partial charge on any atom is -0.370 e. The van der Waals surface area contributed by atoms with Crippen molar-refractivity contribution in [2.75, 3.05) is 31.1 Å². The van der Waals surface area contributed by atoms with Crippen LogP contribution in [0.3, 0.4) is 0 Å². The largest absolute Gasteiger partial charge is 0.370 e. The van der Waals surface area contributed by atoms with Gasteiger partial charge in [-0.25, -0.2) is 0 Å². The SMILES string of the molecule is CC(C)C(C)C(=O)N1CCC(c2ccc(N3CC(c4cccnc4)C3)cc2)CC1. The molecule has 1 atom stereocenters. The molecule has 0 aliphatic carbocycles. The molecule has 0 bridgehead atoms.